The van der Waals surface area contributed by atoms with Crippen LogP contribution in [-0.4, -0.2) is 49.3 Å². The number of aromatic nitrogens is 1. The van der Waals surface area contributed by atoms with Crippen LogP contribution in [-0.2, 0) is 0 Å². The average molecular weight is 342 g/mol. The average Bonchev–Trinajstić information content (AvgIpc) is 2.68. The largest absolute Gasteiger partial charge is 0.497 e. The summed E-state index contributed by atoms with van der Waals surface area (Å²) < 4.78 is 16.9. The minimum absolute atomic E-state index is 0.314. The van der Waals surface area contributed by atoms with Crippen molar-refractivity contribution in [2.45, 2.75) is 25.4 Å². The van der Waals surface area contributed by atoms with Crippen LogP contribution in [0, 0.1) is 0 Å². The highest BCUT2D eigenvalue weighted by atomic mass is 16.5. The summed E-state index contributed by atoms with van der Waals surface area (Å²) in [4.78, 5) is 6.51. The van der Waals surface area contributed by atoms with E-state index < -0.39 is 0 Å². The van der Waals surface area contributed by atoms with E-state index in [1.165, 1.54) is 0 Å². The molecule has 0 bridgehead atoms. The van der Waals surface area contributed by atoms with E-state index in [0.29, 0.717) is 6.10 Å². The Balaban J connectivity index is 1.30. The highest BCUT2D eigenvalue weighted by Gasteiger charge is 2.20. The molecule has 0 aliphatic carbocycles. The Kier molecular flexibility index (Phi) is 6.51. The first-order chi connectivity index (χ1) is 12.3. The molecule has 2 heterocycles. The van der Waals surface area contributed by atoms with E-state index in [2.05, 4.69) is 9.88 Å². The van der Waals surface area contributed by atoms with Crippen molar-refractivity contribution in [1.29, 1.82) is 0 Å². The lowest BCUT2D eigenvalue weighted by Crippen LogP contribution is -2.39. The van der Waals surface area contributed by atoms with Crippen molar-refractivity contribution >= 4 is 0 Å². The van der Waals surface area contributed by atoms with Gasteiger partial charge in [0.1, 0.15) is 23.4 Å². The standard InChI is InChI=1S/C20H26N2O3/c1-23-17-3-5-18(6-4-17)24-16-2-13-22-14-9-20(10-15-22)25-19-7-11-21-12-8-19/h3-8,11-12,20H,2,9-10,13-16H2,1H3. The molecule has 0 saturated carbocycles. The molecule has 0 spiro atoms. The summed E-state index contributed by atoms with van der Waals surface area (Å²) in [5, 5.41) is 0. The van der Waals surface area contributed by atoms with Crippen molar-refractivity contribution in [2.75, 3.05) is 33.4 Å². The zero-order valence-corrected chi connectivity index (χ0v) is 14.8. The molecule has 134 valence electrons. The summed E-state index contributed by atoms with van der Waals surface area (Å²) in [6, 6.07) is 11.6. The number of rotatable bonds is 8. The maximum atomic E-state index is 6.00. The van der Waals surface area contributed by atoms with Crippen LogP contribution >= 0.6 is 0 Å². The number of benzene rings is 1. The number of hydrogen-bond donors (Lipinski definition) is 0. The van der Waals surface area contributed by atoms with E-state index in [-0.39, 0.29) is 0 Å². The van der Waals surface area contributed by atoms with Gasteiger partial charge in [0, 0.05) is 32.0 Å². The van der Waals surface area contributed by atoms with Crippen LogP contribution in [0.2, 0.25) is 0 Å². The number of hydrogen-bond acceptors (Lipinski definition) is 5. The van der Waals surface area contributed by atoms with Gasteiger partial charge in [-0.25, -0.2) is 0 Å². The zero-order chi connectivity index (χ0) is 17.3. The van der Waals surface area contributed by atoms with Gasteiger partial charge in [0.15, 0.2) is 0 Å². The lowest BCUT2D eigenvalue weighted by Gasteiger charge is -2.32. The normalized spacial score (nSPS) is 15.7. The molecular weight excluding hydrogens is 316 g/mol. The van der Waals surface area contributed by atoms with Crippen molar-refractivity contribution in [3.8, 4) is 17.2 Å². The minimum atomic E-state index is 0.314. The van der Waals surface area contributed by atoms with Crippen molar-refractivity contribution in [2.24, 2.45) is 0 Å². The quantitative estimate of drug-likeness (QED) is 0.688. The van der Waals surface area contributed by atoms with Crippen molar-refractivity contribution in [3.05, 3.63) is 48.8 Å². The van der Waals surface area contributed by atoms with Crippen LogP contribution in [0.5, 0.6) is 17.2 Å². The fraction of sp³-hybridized carbons (Fsp3) is 0.450. The topological polar surface area (TPSA) is 43.8 Å². The molecule has 1 fully saturated rings. The van der Waals surface area contributed by atoms with Gasteiger partial charge < -0.3 is 19.1 Å². The zero-order valence-electron chi connectivity index (χ0n) is 14.8. The first-order valence-electron chi connectivity index (χ1n) is 8.89. The molecule has 3 rings (SSSR count). The van der Waals surface area contributed by atoms with Crippen molar-refractivity contribution in [3.63, 3.8) is 0 Å². The molecule has 2 aromatic rings. The van der Waals surface area contributed by atoms with E-state index in [1.807, 2.05) is 36.4 Å². The number of methoxy groups -OCH3 is 1. The fourth-order valence-electron chi connectivity index (χ4n) is 3.01. The van der Waals surface area contributed by atoms with Gasteiger partial charge in [0.25, 0.3) is 0 Å². The van der Waals surface area contributed by atoms with Crippen LogP contribution in [0.1, 0.15) is 19.3 Å². The molecule has 25 heavy (non-hydrogen) atoms. The minimum Gasteiger partial charge on any atom is -0.497 e. The Morgan fingerprint density at radius 2 is 1.64 bits per heavy atom. The van der Waals surface area contributed by atoms with Crippen molar-refractivity contribution < 1.29 is 14.2 Å². The molecule has 0 atom stereocenters. The second-order valence-electron chi connectivity index (χ2n) is 6.22. The predicted octanol–water partition coefficient (Wildman–Crippen LogP) is 3.40. The summed E-state index contributed by atoms with van der Waals surface area (Å²) in [5.74, 6) is 2.66. The Labute approximate surface area is 149 Å². The Morgan fingerprint density at radius 3 is 2.32 bits per heavy atom. The number of pyridine rings is 1. The number of ether oxygens (including phenoxy) is 3. The molecule has 5 nitrogen and oxygen atoms in total. The maximum Gasteiger partial charge on any atom is 0.122 e. The highest BCUT2D eigenvalue weighted by molar-refractivity contribution is 5.31. The maximum absolute atomic E-state index is 6.00. The van der Waals surface area contributed by atoms with Gasteiger partial charge in [0.05, 0.1) is 13.7 Å². The van der Waals surface area contributed by atoms with Crippen LogP contribution < -0.4 is 14.2 Å². The number of nitrogens with zero attached hydrogens (tertiary/aromatic N) is 2. The van der Waals surface area contributed by atoms with Gasteiger partial charge in [-0.2, -0.15) is 0 Å². The molecule has 1 saturated heterocycles. The Morgan fingerprint density at radius 1 is 0.960 bits per heavy atom. The first-order valence-corrected chi connectivity index (χ1v) is 8.89. The molecule has 0 N–H and O–H groups in total. The lowest BCUT2D eigenvalue weighted by molar-refractivity contribution is 0.0971. The van der Waals surface area contributed by atoms with E-state index in [4.69, 9.17) is 14.2 Å². The van der Waals surface area contributed by atoms with Gasteiger partial charge >= 0.3 is 0 Å². The summed E-state index contributed by atoms with van der Waals surface area (Å²) in [6.07, 6.45) is 7.03. The van der Waals surface area contributed by atoms with E-state index >= 15 is 0 Å². The smallest absolute Gasteiger partial charge is 0.122 e. The lowest BCUT2D eigenvalue weighted by atomic mass is 10.1. The van der Waals surface area contributed by atoms with E-state index in [0.717, 1.165) is 62.8 Å². The Bertz CT molecular complexity index is 611. The monoisotopic (exact) mass is 342 g/mol. The molecule has 5 heteroatoms. The van der Waals surface area contributed by atoms with E-state index in [1.54, 1.807) is 19.5 Å². The van der Waals surface area contributed by atoms with Gasteiger partial charge in [-0.05, 0) is 55.7 Å². The second-order valence-corrected chi connectivity index (χ2v) is 6.22. The summed E-state index contributed by atoms with van der Waals surface area (Å²) in [5.41, 5.74) is 0. The molecule has 1 aromatic carbocycles. The molecule has 1 aliphatic heterocycles. The van der Waals surface area contributed by atoms with Gasteiger partial charge in [0.2, 0.25) is 0 Å². The molecular formula is C20H26N2O3. The fourth-order valence-corrected chi connectivity index (χ4v) is 3.01. The van der Waals surface area contributed by atoms with Gasteiger partial charge in [-0.15, -0.1) is 0 Å². The first kappa shape index (κ1) is 17.5. The summed E-state index contributed by atoms with van der Waals surface area (Å²) in [7, 11) is 1.67. The Hall–Kier alpha value is -2.27. The number of likely N-dealkylation sites (tertiary alicyclic amines) is 1. The molecule has 0 amide bonds. The highest BCUT2D eigenvalue weighted by Crippen LogP contribution is 2.19. The van der Waals surface area contributed by atoms with Crippen LogP contribution in [0.25, 0.3) is 0 Å². The third kappa shape index (κ3) is 5.64. The van der Waals surface area contributed by atoms with E-state index in [9.17, 15) is 0 Å². The SMILES string of the molecule is COc1ccc(OCCCN2CCC(Oc3ccncc3)CC2)cc1. The third-order valence-corrected chi connectivity index (χ3v) is 4.43. The second kappa shape index (κ2) is 9.28. The van der Waals surface area contributed by atoms with Crippen LogP contribution in [0.4, 0.5) is 0 Å². The number of piperidine rings is 1. The molecule has 0 unspecified atom stereocenters. The molecule has 1 aliphatic rings. The summed E-state index contributed by atoms with van der Waals surface area (Å²) >= 11 is 0. The predicted molar refractivity (Wildman–Crippen MR) is 97.4 cm³/mol. The van der Waals surface area contributed by atoms with Gasteiger partial charge in [-0.1, -0.05) is 0 Å². The van der Waals surface area contributed by atoms with Gasteiger partial charge in [-0.3, -0.25) is 4.98 Å². The van der Waals surface area contributed by atoms with Crippen LogP contribution in [0.15, 0.2) is 48.8 Å². The van der Waals surface area contributed by atoms with Crippen molar-refractivity contribution in [1.82, 2.24) is 9.88 Å². The van der Waals surface area contributed by atoms with Crippen LogP contribution in [0.3, 0.4) is 0 Å². The molecule has 1 aromatic heterocycles. The third-order valence-electron chi connectivity index (χ3n) is 4.43. The molecule has 0 radical (unpaired) electrons. The summed E-state index contributed by atoms with van der Waals surface area (Å²) in [6.45, 7) is 3.97.